The fraction of sp³-hybridized carbons (Fsp3) is 0.485. The van der Waals surface area contributed by atoms with Gasteiger partial charge in [0, 0.05) is 66.6 Å². The lowest BCUT2D eigenvalue weighted by atomic mass is 9.92. The van der Waals surface area contributed by atoms with Gasteiger partial charge in [-0.3, -0.25) is 4.90 Å². The van der Waals surface area contributed by atoms with Crippen LogP contribution in [0.2, 0.25) is 0 Å². The molecule has 2 aromatic carbocycles. The van der Waals surface area contributed by atoms with E-state index in [1.807, 2.05) is 11.0 Å². The van der Waals surface area contributed by atoms with E-state index in [1.54, 1.807) is 0 Å². The van der Waals surface area contributed by atoms with Crippen LogP contribution in [0.1, 0.15) is 43.2 Å². The molecular formula is C33H31F6N7OS. The second-order valence-electron chi connectivity index (χ2n) is 13.5. The molecule has 3 N–H and O–H groups in total. The minimum atomic E-state index is -5.04. The van der Waals surface area contributed by atoms with E-state index in [1.165, 1.54) is 0 Å². The first-order chi connectivity index (χ1) is 22.9. The Morgan fingerprint density at radius 2 is 1.85 bits per heavy atom. The van der Waals surface area contributed by atoms with Gasteiger partial charge in [-0.25, -0.2) is 13.2 Å². The lowest BCUT2D eigenvalue weighted by molar-refractivity contribution is -0.137. The van der Waals surface area contributed by atoms with Gasteiger partial charge in [0.05, 0.1) is 22.4 Å². The molecule has 3 aliphatic heterocycles. The summed E-state index contributed by atoms with van der Waals surface area (Å²) in [6, 6.07) is 4.68. The maximum Gasteiger partial charge on any atom is 0.417 e. The van der Waals surface area contributed by atoms with Gasteiger partial charge in [-0.05, 0) is 49.8 Å². The minimum Gasteiger partial charge on any atom is -0.463 e. The topological polar surface area (TPSA) is 103 Å². The van der Waals surface area contributed by atoms with Crippen molar-refractivity contribution in [2.45, 2.75) is 56.5 Å². The highest BCUT2D eigenvalue weighted by Gasteiger charge is 2.46. The van der Waals surface area contributed by atoms with Crippen molar-refractivity contribution in [2.75, 3.05) is 50.0 Å². The van der Waals surface area contributed by atoms with Gasteiger partial charge in [-0.2, -0.15) is 28.4 Å². The summed E-state index contributed by atoms with van der Waals surface area (Å²) in [6.45, 7) is 2.74. The molecule has 0 amide bonds. The summed E-state index contributed by atoms with van der Waals surface area (Å²) in [7, 11) is 0. The Labute approximate surface area is 275 Å². The van der Waals surface area contributed by atoms with Crippen molar-refractivity contribution in [1.82, 2.24) is 20.2 Å². The van der Waals surface area contributed by atoms with E-state index in [9.17, 15) is 27.2 Å². The van der Waals surface area contributed by atoms with E-state index in [-0.39, 0.29) is 73.1 Å². The van der Waals surface area contributed by atoms with E-state index < -0.39 is 35.1 Å². The van der Waals surface area contributed by atoms with Crippen LogP contribution in [-0.4, -0.2) is 72.5 Å². The number of hydrogen-bond donors (Lipinski definition) is 2. The molecule has 0 radical (unpaired) electrons. The molecule has 2 aromatic heterocycles. The van der Waals surface area contributed by atoms with Crippen LogP contribution in [-0.2, 0) is 6.18 Å². The normalized spacial score (nSPS) is 23.7. The van der Waals surface area contributed by atoms with Gasteiger partial charge in [-0.1, -0.05) is 6.07 Å². The van der Waals surface area contributed by atoms with Crippen molar-refractivity contribution < 1.29 is 31.1 Å². The predicted molar refractivity (Wildman–Crippen MR) is 170 cm³/mol. The first-order valence-electron chi connectivity index (χ1n) is 16.0. The van der Waals surface area contributed by atoms with Gasteiger partial charge in [-0.15, -0.1) is 11.3 Å². The molecule has 8 nitrogen and oxygen atoms in total. The summed E-state index contributed by atoms with van der Waals surface area (Å²) in [5, 5.41) is 12.9. The van der Waals surface area contributed by atoms with Crippen molar-refractivity contribution in [3.05, 3.63) is 41.0 Å². The number of ether oxygens (including phenoxy) is 1. The van der Waals surface area contributed by atoms with E-state index in [0.717, 1.165) is 43.9 Å². The van der Waals surface area contributed by atoms with Crippen LogP contribution in [0.5, 0.6) is 6.01 Å². The molecule has 1 saturated carbocycles. The fourth-order valence-corrected chi connectivity index (χ4v) is 8.56. The molecule has 5 heterocycles. The molecule has 4 aromatic rings. The molecule has 3 saturated heterocycles. The molecule has 0 spiro atoms. The summed E-state index contributed by atoms with van der Waals surface area (Å²) in [5.41, 5.74) is 2.61. The number of alkyl halides is 4. The van der Waals surface area contributed by atoms with Crippen LogP contribution in [0.15, 0.2) is 18.2 Å². The van der Waals surface area contributed by atoms with Gasteiger partial charge in [0.1, 0.15) is 34.4 Å². The number of nitrogens with one attached hydrogen (secondary N) is 1. The standard InChI is InChI=1S/C33H31F6N7OS/c34-16-5-8-45(11-16)14-32(6-7-32)15-47-31-43-27-20(30(44-31)46-12-17-1-2-18(13-46)42-17)9-22(33(37,38)39)25(26(27)36)19-3-4-23(35)28-24(19)21(10-40)29(41)48-28/h3-4,9,16-18,42H,1-2,5-8,11-15,41H2/t16-,17?,18?/m1/s1. The van der Waals surface area contributed by atoms with Crippen LogP contribution in [0.25, 0.3) is 32.1 Å². The molecule has 48 heavy (non-hydrogen) atoms. The van der Waals surface area contributed by atoms with Crippen LogP contribution in [0.3, 0.4) is 0 Å². The number of benzene rings is 2. The van der Waals surface area contributed by atoms with Gasteiger partial charge in [0.15, 0.2) is 5.82 Å². The molecule has 8 rings (SSSR count). The maximum absolute atomic E-state index is 17.0. The number of piperazine rings is 1. The van der Waals surface area contributed by atoms with Crippen molar-refractivity contribution in [3.8, 4) is 23.2 Å². The Hall–Kier alpha value is -3.87. The van der Waals surface area contributed by atoms with Gasteiger partial charge < -0.3 is 20.7 Å². The van der Waals surface area contributed by atoms with Crippen molar-refractivity contribution >= 4 is 43.1 Å². The highest BCUT2D eigenvalue weighted by atomic mass is 32.1. The minimum absolute atomic E-state index is 0.0905. The average Bonchev–Trinajstić information content (AvgIpc) is 3.34. The third-order valence-corrected chi connectivity index (χ3v) is 11.2. The van der Waals surface area contributed by atoms with Crippen LogP contribution in [0.4, 0.5) is 37.2 Å². The Morgan fingerprint density at radius 3 is 2.50 bits per heavy atom. The van der Waals surface area contributed by atoms with Crippen LogP contribution >= 0.6 is 11.3 Å². The largest absolute Gasteiger partial charge is 0.463 e. The summed E-state index contributed by atoms with van der Waals surface area (Å²) in [6.07, 6.45) is -1.94. The Kier molecular flexibility index (Phi) is 7.42. The van der Waals surface area contributed by atoms with Gasteiger partial charge >= 0.3 is 12.2 Å². The lowest BCUT2D eigenvalue weighted by Crippen LogP contribution is -2.51. The number of nitrogens with zero attached hydrogens (tertiary/aromatic N) is 5. The Bertz CT molecular complexity index is 1980. The Balaban J connectivity index is 1.29. The number of nitriles is 1. The second-order valence-corrected chi connectivity index (χ2v) is 14.6. The number of thiophene rings is 1. The molecule has 3 atom stereocenters. The number of likely N-dealkylation sites (tertiary alicyclic amines) is 1. The molecule has 15 heteroatoms. The summed E-state index contributed by atoms with van der Waals surface area (Å²) in [4.78, 5) is 12.9. The number of aromatic nitrogens is 2. The monoisotopic (exact) mass is 687 g/mol. The number of nitrogen functional groups attached to an aromatic ring is 1. The second kappa shape index (κ2) is 11.3. The number of rotatable bonds is 7. The fourth-order valence-electron chi connectivity index (χ4n) is 7.61. The average molecular weight is 688 g/mol. The molecule has 4 fully saturated rings. The maximum atomic E-state index is 17.0. The van der Waals surface area contributed by atoms with Crippen molar-refractivity contribution in [3.63, 3.8) is 0 Å². The quantitative estimate of drug-likeness (QED) is 0.215. The molecule has 252 valence electrons. The zero-order valence-electron chi connectivity index (χ0n) is 25.6. The third kappa shape index (κ3) is 5.38. The van der Waals surface area contributed by atoms with E-state index >= 15 is 4.39 Å². The predicted octanol–water partition coefficient (Wildman–Crippen LogP) is 6.41. The molecule has 4 aliphatic rings. The zero-order chi connectivity index (χ0) is 33.5. The number of anilines is 2. The van der Waals surface area contributed by atoms with Crippen molar-refractivity contribution in [1.29, 1.82) is 5.26 Å². The number of nitrogens with two attached hydrogens (primary N) is 1. The van der Waals surface area contributed by atoms with E-state index in [0.29, 0.717) is 50.5 Å². The third-order valence-electron chi connectivity index (χ3n) is 10.1. The van der Waals surface area contributed by atoms with E-state index in [4.69, 9.17) is 10.5 Å². The van der Waals surface area contributed by atoms with Crippen LogP contribution < -0.4 is 20.7 Å². The number of hydrogen-bond acceptors (Lipinski definition) is 9. The summed E-state index contributed by atoms with van der Waals surface area (Å²) in [5.74, 6) is -1.95. The van der Waals surface area contributed by atoms with Crippen molar-refractivity contribution in [2.24, 2.45) is 5.41 Å². The molecule has 1 aliphatic carbocycles. The Morgan fingerprint density at radius 1 is 1.10 bits per heavy atom. The molecule has 2 bridgehead atoms. The first kappa shape index (κ1) is 31.4. The molecule has 2 unspecified atom stereocenters. The van der Waals surface area contributed by atoms with Crippen LogP contribution in [0, 0.1) is 28.4 Å². The summed E-state index contributed by atoms with van der Waals surface area (Å²) < 4.78 is 96.4. The lowest BCUT2D eigenvalue weighted by Gasteiger charge is -2.34. The van der Waals surface area contributed by atoms with E-state index in [2.05, 4.69) is 20.2 Å². The number of fused-ring (bicyclic) bond motifs is 4. The smallest absolute Gasteiger partial charge is 0.417 e. The SMILES string of the molecule is N#Cc1c(N)sc2c(F)ccc(-c3c(C(F)(F)F)cc4c(N5CC6CCC(C5)N6)nc(OCC5(CN6CC[C@@H](F)C6)CC5)nc4c3F)c12. The summed E-state index contributed by atoms with van der Waals surface area (Å²) >= 11 is 0.712. The first-order valence-corrected chi connectivity index (χ1v) is 16.8. The highest BCUT2D eigenvalue weighted by molar-refractivity contribution is 7.23. The highest BCUT2D eigenvalue weighted by Crippen LogP contribution is 2.49. The van der Waals surface area contributed by atoms with Gasteiger partial charge in [0.2, 0.25) is 0 Å². The van der Waals surface area contributed by atoms with Gasteiger partial charge in [0.25, 0.3) is 0 Å². The number of halogens is 6. The zero-order valence-corrected chi connectivity index (χ0v) is 26.5. The molecular weight excluding hydrogens is 656 g/mol.